The van der Waals surface area contributed by atoms with Crippen LogP contribution >= 0.6 is 0 Å². The molecular weight excluding hydrogens is 260 g/mol. The monoisotopic (exact) mass is 292 g/mol. The summed E-state index contributed by atoms with van der Waals surface area (Å²) in [6.45, 7) is 2.23. The molecule has 4 fully saturated rings. The van der Waals surface area contributed by atoms with E-state index in [1.54, 1.807) is 0 Å². The van der Waals surface area contributed by atoms with Crippen molar-refractivity contribution in [2.75, 3.05) is 13.2 Å². The number of ether oxygens (including phenoxy) is 1. The quantitative estimate of drug-likeness (QED) is 0.836. The van der Waals surface area contributed by atoms with Gasteiger partial charge in [0, 0.05) is 24.7 Å². The third-order valence-corrected chi connectivity index (χ3v) is 6.34. The number of nitrogens with one attached hydrogen (secondary N) is 2. The van der Waals surface area contributed by atoms with Gasteiger partial charge < -0.3 is 15.4 Å². The highest BCUT2D eigenvalue weighted by molar-refractivity contribution is 4.98. The minimum absolute atomic E-state index is 0.534. The maximum atomic E-state index is 6.03. The summed E-state index contributed by atoms with van der Waals surface area (Å²) in [4.78, 5) is 0. The highest BCUT2D eigenvalue weighted by Crippen LogP contribution is 2.40. The SMILES string of the molecule is C1CCC(C2CCCCC2NC2CCOC2C2CC2)NC1. The Morgan fingerprint density at radius 3 is 2.48 bits per heavy atom. The Labute approximate surface area is 129 Å². The van der Waals surface area contributed by atoms with Crippen LogP contribution in [0.15, 0.2) is 0 Å². The van der Waals surface area contributed by atoms with Gasteiger partial charge in [0.2, 0.25) is 0 Å². The summed E-state index contributed by atoms with van der Waals surface area (Å²) >= 11 is 0. The molecule has 5 unspecified atom stereocenters. The van der Waals surface area contributed by atoms with Crippen molar-refractivity contribution >= 4 is 0 Å². The summed E-state index contributed by atoms with van der Waals surface area (Å²) in [6, 6.07) is 2.16. The van der Waals surface area contributed by atoms with Crippen molar-refractivity contribution in [2.45, 2.75) is 88.4 Å². The Morgan fingerprint density at radius 2 is 1.67 bits per heavy atom. The van der Waals surface area contributed by atoms with E-state index in [1.165, 1.54) is 70.8 Å². The molecule has 5 atom stereocenters. The Balaban J connectivity index is 1.38. The van der Waals surface area contributed by atoms with Crippen molar-refractivity contribution in [2.24, 2.45) is 11.8 Å². The lowest BCUT2D eigenvalue weighted by molar-refractivity contribution is 0.0718. The lowest BCUT2D eigenvalue weighted by Gasteiger charge is -2.41. The summed E-state index contributed by atoms with van der Waals surface area (Å²) in [5.74, 6) is 1.74. The normalized spacial score (nSPS) is 44.9. The van der Waals surface area contributed by atoms with Gasteiger partial charge in [-0.25, -0.2) is 0 Å². The molecule has 0 aromatic carbocycles. The van der Waals surface area contributed by atoms with Gasteiger partial charge in [0.1, 0.15) is 0 Å². The highest BCUT2D eigenvalue weighted by Gasteiger charge is 2.42. The van der Waals surface area contributed by atoms with Crippen molar-refractivity contribution < 1.29 is 4.74 Å². The molecule has 0 aromatic rings. The average Bonchev–Trinajstić information content (AvgIpc) is 3.29. The van der Waals surface area contributed by atoms with E-state index in [9.17, 15) is 0 Å². The molecule has 0 bridgehead atoms. The second kappa shape index (κ2) is 6.55. The fourth-order valence-electron chi connectivity index (χ4n) is 5.05. The van der Waals surface area contributed by atoms with Crippen LogP contribution in [0.25, 0.3) is 0 Å². The first-order valence-corrected chi connectivity index (χ1v) is 9.53. The average molecular weight is 292 g/mol. The van der Waals surface area contributed by atoms with E-state index >= 15 is 0 Å². The minimum Gasteiger partial charge on any atom is -0.376 e. The molecular formula is C18H32N2O. The summed E-state index contributed by atoms with van der Waals surface area (Å²) < 4.78 is 6.03. The van der Waals surface area contributed by atoms with Gasteiger partial charge in [-0.3, -0.25) is 0 Å². The van der Waals surface area contributed by atoms with E-state index in [0.717, 1.165) is 30.5 Å². The molecule has 2 N–H and O–H groups in total. The van der Waals surface area contributed by atoms with Crippen LogP contribution < -0.4 is 10.6 Å². The molecule has 2 aliphatic carbocycles. The van der Waals surface area contributed by atoms with E-state index in [0.29, 0.717) is 12.1 Å². The van der Waals surface area contributed by atoms with Gasteiger partial charge in [-0.05, 0) is 63.3 Å². The van der Waals surface area contributed by atoms with E-state index in [4.69, 9.17) is 4.74 Å². The van der Waals surface area contributed by atoms with Crippen LogP contribution in [0.1, 0.15) is 64.2 Å². The third-order valence-electron chi connectivity index (χ3n) is 6.34. The molecule has 2 saturated heterocycles. The van der Waals surface area contributed by atoms with Crippen LogP contribution in [-0.2, 0) is 4.74 Å². The van der Waals surface area contributed by atoms with E-state index < -0.39 is 0 Å². The van der Waals surface area contributed by atoms with Gasteiger partial charge in [0.15, 0.2) is 0 Å². The maximum Gasteiger partial charge on any atom is 0.0757 e. The number of hydrogen-bond acceptors (Lipinski definition) is 3. The molecule has 2 saturated carbocycles. The predicted molar refractivity (Wildman–Crippen MR) is 85.4 cm³/mol. The fourth-order valence-corrected chi connectivity index (χ4v) is 5.05. The van der Waals surface area contributed by atoms with Gasteiger partial charge in [-0.2, -0.15) is 0 Å². The van der Waals surface area contributed by atoms with Gasteiger partial charge >= 0.3 is 0 Å². The van der Waals surface area contributed by atoms with Crippen LogP contribution in [-0.4, -0.2) is 37.4 Å². The van der Waals surface area contributed by atoms with Crippen LogP contribution in [0.4, 0.5) is 0 Å². The first kappa shape index (κ1) is 14.5. The zero-order chi connectivity index (χ0) is 14.1. The van der Waals surface area contributed by atoms with Gasteiger partial charge in [0.25, 0.3) is 0 Å². The van der Waals surface area contributed by atoms with Gasteiger partial charge in [-0.1, -0.05) is 19.3 Å². The van der Waals surface area contributed by atoms with Crippen LogP contribution in [0.5, 0.6) is 0 Å². The maximum absolute atomic E-state index is 6.03. The van der Waals surface area contributed by atoms with Gasteiger partial charge in [-0.15, -0.1) is 0 Å². The van der Waals surface area contributed by atoms with E-state index in [-0.39, 0.29) is 0 Å². The summed E-state index contributed by atoms with van der Waals surface area (Å²) in [6.07, 6.45) is 14.5. The molecule has 0 amide bonds. The molecule has 0 aromatic heterocycles. The van der Waals surface area contributed by atoms with Crippen LogP contribution in [0.2, 0.25) is 0 Å². The number of hydrogen-bond donors (Lipinski definition) is 2. The second-order valence-corrected chi connectivity index (χ2v) is 7.85. The number of piperidine rings is 1. The van der Waals surface area contributed by atoms with Crippen LogP contribution in [0.3, 0.4) is 0 Å². The molecule has 120 valence electrons. The van der Waals surface area contributed by atoms with E-state index in [1.807, 2.05) is 0 Å². The van der Waals surface area contributed by atoms with Gasteiger partial charge in [0.05, 0.1) is 6.10 Å². The zero-order valence-electron chi connectivity index (χ0n) is 13.4. The minimum atomic E-state index is 0.534. The van der Waals surface area contributed by atoms with Crippen molar-refractivity contribution in [3.05, 3.63) is 0 Å². The van der Waals surface area contributed by atoms with Crippen LogP contribution in [0, 0.1) is 11.8 Å². The third kappa shape index (κ3) is 3.30. The zero-order valence-corrected chi connectivity index (χ0v) is 13.4. The molecule has 3 nitrogen and oxygen atoms in total. The first-order valence-electron chi connectivity index (χ1n) is 9.53. The molecule has 4 aliphatic rings. The fraction of sp³-hybridized carbons (Fsp3) is 1.00. The predicted octanol–water partition coefficient (Wildman–Crippen LogP) is 2.84. The molecule has 2 heterocycles. The second-order valence-electron chi connectivity index (χ2n) is 7.85. The molecule has 21 heavy (non-hydrogen) atoms. The van der Waals surface area contributed by atoms with E-state index in [2.05, 4.69) is 10.6 Å². The van der Waals surface area contributed by atoms with Crippen molar-refractivity contribution in [3.8, 4) is 0 Å². The molecule has 2 aliphatic heterocycles. The molecule has 0 radical (unpaired) electrons. The first-order chi connectivity index (χ1) is 10.4. The Morgan fingerprint density at radius 1 is 0.810 bits per heavy atom. The van der Waals surface area contributed by atoms with Crippen molar-refractivity contribution in [1.82, 2.24) is 10.6 Å². The topological polar surface area (TPSA) is 33.3 Å². The van der Waals surface area contributed by atoms with Crippen molar-refractivity contribution in [3.63, 3.8) is 0 Å². The summed E-state index contributed by atoms with van der Waals surface area (Å²) in [7, 11) is 0. The Bertz CT molecular complexity index is 338. The van der Waals surface area contributed by atoms with Crippen molar-refractivity contribution in [1.29, 1.82) is 0 Å². The highest BCUT2D eigenvalue weighted by atomic mass is 16.5. The largest absolute Gasteiger partial charge is 0.376 e. The Kier molecular flexibility index (Phi) is 4.52. The molecule has 4 rings (SSSR count). The summed E-state index contributed by atoms with van der Waals surface area (Å²) in [5, 5.41) is 7.89. The Hall–Kier alpha value is -0.120. The number of rotatable bonds is 4. The molecule has 0 spiro atoms. The lowest BCUT2D eigenvalue weighted by atomic mass is 9.77. The smallest absolute Gasteiger partial charge is 0.0757 e. The summed E-state index contributed by atoms with van der Waals surface area (Å²) in [5.41, 5.74) is 0. The standard InChI is InChI=1S/C18H32N2O/c1-2-7-16(14(5-1)15-6-3-4-11-19-15)20-17-10-12-21-18(17)13-8-9-13/h13-20H,1-12H2. The molecule has 3 heteroatoms. The lowest BCUT2D eigenvalue weighted by Crippen LogP contribution is -2.54.